The Hall–Kier alpha value is -2.76. The first-order valence-corrected chi connectivity index (χ1v) is 7.12. The molecule has 0 bridgehead atoms. The van der Waals surface area contributed by atoms with Gasteiger partial charge < -0.3 is 19.5 Å². The van der Waals surface area contributed by atoms with Gasteiger partial charge in [-0.1, -0.05) is 6.07 Å². The van der Waals surface area contributed by atoms with Crippen molar-refractivity contribution in [1.29, 1.82) is 0 Å². The molecule has 0 radical (unpaired) electrons. The van der Waals surface area contributed by atoms with Crippen LogP contribution in [0.15, 0.2) is 36.4 Å². The number of hydrogen-bond acceptors (Lipinski definition) is 4. The molecule has 1 unspecified atom stereocenters. The van der Waals surface area contributed by atoms with Crippen molar-refractivity contribution in [2.24, 2.45) is 0 Å². The fourth-order valence-corrected chi connectivity index (χ4v) is 2.35. The molecule has 0 spiro atoms. The predicted octanol–water partition coefficient (Wildman–Crippen LogP) is 3.05. The molecule has 1 aliphatic heterocycles. The van der Waals surface area contributed by atoms with Crippen molar-refractivity contribution >= 4 is 5.91 Å². The summed E-state index contributed by atoms with van der Waals surface area (Å²) in [4.78, 5) is 12.3. The van der Waals surface area contributed by atoms with Crippen LogP contribution in [0.5, 0.6) is 17.2 Å². The van der Waals surface area contributed by atoms with Gasteiger partial charge in [0.2, 0.25) is 6.79 Å². The number of benzene rings is 2. The molecule has 2 aromatic carbocycles. The summed E-state index contributed by atoms with van der Waals surface area (Å²) in [5.74, 6) is 0.594. The zero-order valence-corrected chi connectivity index (χ0v) is 12.8. The van der Waals surface area contributed by atoms with Crippen molar-refractivity contribution in [2.75, 3.05) is 13.9 Å². The molecule has 120 valence electrons. The third-order valence-corrected chi connectivity index (χ3v) is 3.66. The Kier molecular flexibility index (Phi) is 4.06. The second-order valence-electron chi connectivity index (χ2n) is 5.16. The van der Waals surface area contributed by atoms with Crippen molar-refractivity contribution in [3.8, 4) is 17.2 Å². The Morgan fingerprint density at radius 3 is 2.74 bits per heavy atom. The van der Waals surface area contributed by atoms with Gasteiger partial charge in [0.05, 0.1) is 13.2 Å². The van der Waals surface area contributed by atoms with E-state index in [1.807, 2.05) is 0 Å². The number of rotatable bonds is 4. The van der Waals surface area contributed by atoms with E-state index in [0.29, 0.717) is 22.6 Å². The number of amides is 1. The number of nitrogens with one attached hydrogen (secondary N) is 1. The topological polar surface area (TPSA) is 56.8 Å². The van der Waals surface area contributed by atoms with Crippen molar-refractivity contribution in [2.45, 2.75) is 13.0 Å². The Morgan fingerprint density at radius 2 is 2.00 bits per heavy atom. The van der Waals surface area contributed by atoms with Crippen LogP contribution >= 0.6 is 0 Å². The normalized spacial score (nSPS) is 13.5. The number of ether oxygens (including phenoxy) is 3. The minimum absolute atomic E-state index is 0.155. The lowest BCUT2D eigenvalue weighted by molar-refractivity contribution is 0.0939. The lowest BCUT2D eigenvalue weighted by atomic mass is 10.1. The van der Waals surface area contributed by atoms with E-state index in [1.165, 1.54) is 19.2 Å². The minimum atomic E-state index is -0.464. The van der Waals surface area contributed by atoms with Gasteiger partial charge in [0.15, 0.2) is 23.1 Å². The molecule has 2 aromatic rings. The molecular formula is C17H16FNO4. The van der Waals surface area contributed by atoms with Gasteiger partial charge in [-0.2, -0.15) is 0 Å². The number of fused-ring (bicyclic) bond motifs is 1. The van der Waals surface area contributed by atoms with Gasteiger partial charge in [0.1, 0.15) is 0 Å². The zero-order valence-electron chi connectivity index (χ0n) is 12.8. The maximum atomic E-state index is 13.8. The molecule has 0 aromatic heterocycles. The summed E-state index contributed by atoms with van der Waals surface area (Å²) < 4.78 is 29.1. The van der Waals surface area contributed by atoms with Crippen LogP contribution in [0.1, 0.15) is 28.9 Å². The van der Waals surface area contributed by atoms with Crippen LogP contribution in [0.3, 0.4) is 0 Å². The van der Waals surface area contributed by atoms with E-state index in [4.69, 9.17) is 14.2 Å². The highest BCUT2D eigenvalue weighted by atomic mass is 19.1. The Bertz CT molecular complexity index is 747. The molecule has 5 nitrogen and oxygen atoms in total. The van der Waals surface area contributed by atoms with Crippen molar-refractivity contribution in [3.63, 3.8) is 0 Å². The maximum absolute atomic E-state index is 13.8. The summed E-state index contributed by atoms with van der Waals surface area (Å²) in [6.07, 6.45) is 0. The first kappa shape index (κ1) is 15.1. The molecule has 1 N–H and O–H groups in total. The van der Waals surface area contributed by atoms with E-state index < -0.39 is 5.82 Å². The summed E-state index contributed by atoms with van der Waals surface area (Å²) in [6.45, 7) is 1.94. The maximum Gasteiger partial charge on any atom is 0.251 e. The second kappa shape index (κ2) is 6.16. The summed E-state index contributed by atoms with van der Waals surface area (Å²) in [5.41, 5.74) is 1.10. The van der Waals surface area contributed by atoms with E-state index in [1.54, 1.807) is 31.2 Å². The van der Waals surface area contributed by atoms with E-state index in [9.17, 15) is 9.18 Å². The molecule has 23 heavy (non-hydrogen) atoms. The van der Waals surface area contributed by atoms with Crippen LogP contribution in [0.25, 0.3) is 0 Å². The Morgan fingerprint density at radius 1 is 1.22 bits per heavy atom. The average molecular weight is 317 g/mol. The number of halogens is 1. The smallest absolute Gasteiger partial charge is 0.251 e. The zero-order chi connectivity index (χ0) is 16.4. The van der Waals surface area contributed by atoms with E-state index in [0.717, 1.165) is 0 Å². The highest BCUT2D eigenvalue weighted by molar-refractivity contribution is 5.95. The van der Waals surface area contributed by atoms with Crippen molar-refractivity contribution in [3.05, 3.63) is 53.3 Å². The van der Waals surface area contributed by atoms with Crippen LogP contribution in [0, 0.1) is 5.82 Å². The first-order chi connectivity index (χ1) is 11.1. The summed E-state index contributed by atoms with van der Waals surface area (Å²) in [7, 11) is 1.41. The molecule has 1 aliphatic rings. The highest BCUT2D eigenvalue weighted by Gasteiger charge is 2.18. The van der Waals surface area contributed by atoms with E-state index in [2.05, 4.69) is 5.32 Å². The minimum Gasteiger partial charge on any atom is -0.494 e. The van der Waals surface area contributed by atoms with Gasteiger partial charge in [0, 0.05) is 5.56 Å². The molecular weight excluding hydrogens is 301 g/mol. The Balaban J connectivity index is 1.73. The number of carbonyl (C=O) groups is 1. The van der Waals surface area contributed by atoms with Crippen molar-refractivity contribution < 1.29 is 23.4 Å². The van der Waals surface area contributed by atoms with Crippen LogP contribution in [-0.2, 0) is 0 Å². The fraction of sp³-hybridized carbons (Fsp3) is 0.235. The number of carbonyl (C=O) groups excluding carboxylic acids is 1. The molecule has 1 amide bonds. The van der Waals surface area contributed by atoms with Gasteiger partial charge >= 0.3 is 0 Å². The quantitative estimate of drug-likeness (QED) is 0.941. The highest BCUT2D eigenvalue weighted by Crippen LogP contribution is 2.32. The van der Waals surface area contributed by atoms with Crippen molar-refractivity contribution in [1.82, 2.24) is 5.32 Å². The van der Waals surface area contributed by atoms with Crippen LogP contribution in [-0.4, -0.2) is 19.8 Å². The summed E-state index contributed by atoms with van der Waals surface area (Å²) in [5, 5.41) is 2.83. The molecule has 6 heteroatoms. The molecule has 0 fully saturated rings. The standard InChI is InChI=1S/C17H16FNO4/c1-10(11-3-5-14(21-2)13(18)7-11)19-17(20)12-4-6-15-16(8-12)23-9-22-15/h3-8,10H,9H2,1-2H3,(H,19,20). The van der Waals surface area contributed by atoms with Gasteiger partial charge in [-0.05, 0) is 42.8 Å². The largest absolute Gasteiger partial charge is 0.494 e. The van der Waals surface area contributed by atoms with Gasteiger partial charge in [-0.25, -0.2) is 4.39 Å². The Labute approximate surface area is 133 Å². The monoisotopic (exact) mass is 317 g/mol. The molecule has 1 atom stereocenters. The van der Waals surface area contributed by atoms with E-state index >= 15 is 0 Å². The molecule has 0 saturated carbocycles. The average Bonchev–Trinajstić information content (AvgIpc) is 3.02. The lowest BCUT2D eigenvalue weighted by Gasteiger charge is -2.15. The lowest BCUT2D eigenvalue weighted by Crippen LogP contribution is -2.26. The molecule has 3 rings (SSSR count). The van der Waals surface area contributed by atoms with Crippen LogP contribution < -0.4 is 19.5 Å². The number of methoxy groups -OCH3 is 1. The molecule has 0 aliphatic carbocycles. The summed E-state index contributed by atoms with van der Waals surface area (Å²) in [6, 6.07) is 9.22. The van der Waals surface area contributed by atoms with Crippen LogP contribution in [0.4, 0.5) is 4.39 Å². The third-order valence-electron chi connectivity index (χ3n) is 3.66. The van der Waals surface area contributed by atoms with Gasteiger partial charge in [-0.3, -0.25) is 4.79 Å². The first-order valence-electron chi connectivity index (χ1n) is 7.12. The molecule has 1 heterocycles. The number of hydrogen-bond donors (Lipinski definition) is 1. The second-order valence-corrected chi connectivity index (χ2v) is 5.16. The van der Waals surface area contributed by atoms with Gasteiger partial charge in [-0.15, -0.1) is 0 Å². The third kappa shape index (κ3) is 3.06. The van der Waals surface area contributed by atoms with Gasteiger partial charge in [0.25, 0.3) is 5.91 Å². The van der Waals surface area contributed by atoms with E-state index in [-0.39, 0.29) is 24.5 Å². The summed E-state index contributed by atoms with van der Waals surface area (Å²) >= 11 is 0. The van der Waals surface area contributed by atoms with Crippen LogP contribution in [0.2, 0.25) is 0 Å². The SMILES string of the molecule is COc1ccc(C(C)NC(=O)c2ccc3c(c2)OCO3)cc1F. The predicted molar refractivity (Wildman–Crippen MR) is 81.4 cm³/mol. The fourth-order valence-electron chi connectivity index (χ4n) is 2.35. The molecule has 0 saturated heterocycles.